The van der Waals surface area contributed by atoms with Crippen molar-refractivity contribution >= 4 is 22.4 Å². The molecule has 1 rings (SSSR count). The summed E-state index contributed by atoms with van der Waals surface area (Å²) in [6, 6.07) is 0. The second kappa shape index (κ2) is 4.64. The number of carboxylic acid groups (broad SMARTS) is 1. The van der Waals surface area contributed by atoms with E-state index in [9.17, 15) is 18.0 Å². The molecule has 0 bridgehead atoms. The van der Waals surface area contributed by atoms with Crippen LogP contribution in [0.5, 0.6) is 0 Å². The number of hydrogen-bond donors (Lipinski definition) is 2. The highest BCUT2D eigenvalue weighted by Gasteiger charge is 2.35. The van der Waals surface area contributed by atoms with Crippen LogP contribution in [0.2, 0.25) is 0 Å². The third-order valence-corrected chi connectivity index (χ3v) is 2.57. The van der Waals surface area contributed by atoms with Gasteiger partial charge in [-0.3, -0.25) is 4.79 Å². The average Bonchev–Trinajstić information content (AvgIpc) is 2.61. The number of aliphatic carboxylic acids is 1. The summed E-state index contributed by atoms with van der Waals surface area (Å²) >= 11 is 0.342. The van der Waals surface area contributed by atoms with Crippen molar-refractivity contribution in [3.05, 3.63) is 5.01 Å². The lowest BCUT2D eigenvalue weighted by Gasteiger charge is -2.05. The van der Waals surface area contributed by atoms with Gasteiger partial charge in [-0.1, -0.05) is 18.3 Å². The summed E-state index contributed by atoms with van der Waals surface area (Å²) in [5.41, 5.74) is 0. The Morgan fingerprint density at radius 1 is 1.56 bits per heavy atom. The predicted molar refractivity (Wildman–Crippen MR) is 50.2 cm³/mol. The summed E-state index contributed by atoms with van der Waals surface area (Å²) in [6.45, 7) is 1.43. The molecule has 16 heavy (non-hydrogen) atoms. The van der Waals surface area contributed by atoms with E-state index in [0.717, 1.165) is 0 Å². The molecule has 0 spiro atoms. The SMILES string of the molecule is CC(CNc1nnc(C(F)(F)F)s1)C(=O)O. The number of carbonyl (C=O) groups is 1. The molecule has 2 N–H and O–H groups in total. The maximum atomic E-state index is 12.1. The van der Waals surface area contributed by atoms with Crippen LogP contribution in [0.15, 0.2) is 0 Å². The zero-order valence-electron chi connectivity index (χ0n) is 8.08. The average molecular weight is 255 g/mol. The Balaban J connectivity index is 2.57. The highest BCUT2D eigenvalue weighted by atomic mass is 32.1. The van der Waals surface area contributed by atoms with Crippen LogP contribution < -0.4 is 5.32 Å². The molecular formula is C7H8F3N3O2S. The molecule has 0 aliphatic carbocycles. The summed E-state index contributed by atoms with van der Waals surface area (Å²) in [5, 5.41) is 16.1. The molecule has 9 heteroatoms. The van der Waals surface area contributed by atoms with Crippen molar-refractivity contribution in [1.82, 2.24) is 10.2 Å². The van der Waals surface area contributed by atoms with Gasteiger partial charge < -0.3 is 10.4 Å². The van der Waals surface area contributed by atoms with Gasteiger partial charge in [0.2, 0.25) is 10.1 Å². The fourth-order valence-electron chi connectivity index (χ4n) is 0.737. The van der Waals surface area contributed by atoms with Crippen LogP contribution in [0.25, 0.3) is 0 Å². The van der Waals surface area contributed by atoms with Crippen LogP contribution in [0, 0.1) is 5.92 Å². The Hall–Kier alpha value is -1.38. The lowest BCUT2D eigenvalue weighted by molar-refractivity contribution is -0.140. The first kappa shape index (κ1) is 12.7. The van der Waals surface area contributed by atoms with E-state index in [2.05, 4.69) is 15.5 Å². The Morgan fingerprint density at radius 3 is 2.62 bits per heavy atom. The molecular weight excluding hydrogens is 247 g/mol. The van der Waals surface area contributed by atoms with Crippen molar-refractivity contribution in [2.45, 2.75) is 13.1 Å². The fourth-order valence-corrected chi connectivity index (χ4v) is 1.35. The summed E-state index contributed by atoms with van der Waals surface area (Å²) < 4.78 is 36.3. The summed E-state index contributed by atoms with van der Waals surface area (Å²) in [5.74, 6) is -1.74. The highest BCUT2D eigenvalue weighted by molar-refractivity contribution is 7.15. The van der Waals surface area contributed by atoms with Crippen molar-refractivity contribution in [2.75, 3.05) is 11.9 Å². The number of nitrogens with zero attached hydrogens (tertiary/aromatic N) is 2. The molecule has 0 aliphatic heterocycles. The number of alkyl halides is 3. The molecule has 0 saturated carbocycles. The standard InChI is InChI=1S/C7H8F3N3O2S/c1-3(4(14)15)2-11-6-13-12-5(16-6)7(8,9)10/h3H,2H2,1H3,(H,11,13)(H,14,15). The Morgan fingerprint density at radius 2 is 2.19 bits per heavy atom. The van der Waals surface area contributed by atoms with E-state index in [4.69, 9.17) is 5.11 Å². The minimum Gasteiger partial charge on any atom is -0.481 e. The van der Waals surface area contributed by atoms with Crippen molar-refractivity contribution < 1.29 is 23.1 Å². The van der Waals surface area contributed by atoms with Gasteiger partial charge in [0, 0.05) is 6.54 Å². The number of nitrogens with one attached hydrogen (secondary N) is 1. The quantitative estimate of drug-likeness (QED) is 0.856. The van der Waals surface area contributed by atoms with Crippen molar-refractivity contribution in [2.24, 2.45) is 5.92 Å². The van der Waals surface area contributed by atoms with E-state index in [1.54, 1.807) is 0 Å². The second-order valence-corrected chi connectivity index (χ2v) is 4.01. The second-order valence-electron chi connectivity index (χ2n) is 3.03. The van der Waals surface area contributed by atoms with E-state index in [1.165, 1.54) is 6.92 Å². The summed E-state index contributed by atoms with van der Waals surface area (Å²) in [7, 11) is 0. The number of anilines is 1. The third kappa shape index (κ3) is 3.33. The molecule has 0 fully saturated rings. The van der Waals surface area contributed by atoms with Crippen molar-refractivity contribution in [3.8, 4) is 0 Å². The third-order valence-electron chi connectivity index (χ3n) is 1.65. The van der Waals surface area contributed by atoms with Gasteiger partial charge in [0.05, 0.1) is 5.92 Å². The van der Waals surface area contributed by atoms with E-state index in [-0.39, 0.29) is 11.7 Å². The summed E-state index contributed by atoms with van der Waals surface area (Å²) in [6.07, 6.45) is -4.52. The van der Waals surface area contributed by atoms with Gasteiger partial charge in [-0.15, -0.1) is 10.2 Å². The molecule has 90 valence electrons. The zero-order chi connectivity index (χ0) is 12.3. The smallest absolute Gasteiger partial charge is 0.445 e. The molecule has 1 heterocycles. The number of halogens is 3. The minimum absolute atomic E-state index is 0.00181. The van der Waals surface area contributed by atoms with Gasteiger partial charge in [-0.2, -0.15) is 13.2 Å². The lowest BCUT2D eigenvalue weighted by Crippen LogP contribution is -2.19. The van der Waals surface area contributed by atoms with Gasteiger partial charge in [-0.25, -0.2) is 0 Å². The molecule has 1 aromatic rings. The van der Waals surface area contributed by atoms with Crippen LogP contribution in [0.4, 0.5) is 18.3 Å². The molecule has 5 nitrogen and oxygen atoms in total. The molecule has 0 aliphatic rings. The van der Waals surface area contributed by atoms with E-state index in [0.29, 0.717) is 11.3 Å². The van der Waals surface area contributed by atoms with Crippen LogP contribution in [-0.2, 0) is 11.0 Å². The van der Waals surface area contributed by atoms with Crippen LogP contribution in [0.3, 0.4) is 0 Å². The first-order valence-corrected chi connectivity index (χ1v) is 4.99. The Bertz CT molecular complexity index is 379. The Kier molecular flexibility index (Phi) is 3.68. The van der Waals surface area contributed by atoms with Crippen molar-refractivity contribution in [1.29, 1.82) is 0 Å². The first-order chi connectivity index (χ1) is 7.30. The fraction of sp³-hybridized carbons (Fsp3) is 0.571. The number of rotatable bonds is 4. The maximum absolute atomic E-state index is 12.1. The molecule has 0 aromatic carbocycles. The largest absolute Gasteiger partial charge is 0.481 e. The number of carboxylic acids is 1. The minimum atomic E-state index is -4.52. The van der Waals surface area contributed by atoms with Crippen LogP contribution in [-0.4, -0.2) is 27.8 Å². The monoisotopic (exact) mass is 255 g/mol. The highest BCUT2D eigenvalue weighted by Crippen LogP contribution is 2.32. The van der Waals surface area contributed by atoms with Crippen LogP contribution >= 0.6 is 11.3 Å². The van der Waals surface area contributed by atoms with Crippen molar-refractivity contribution in [3.63, 3.8) is 0 Å². The zero-order valence-corrected chi connectivity index (χ0v) is 8.89. The van der Waals surface area contributed by atoms with Gasteiger partial charge in [0.1, 0.15) is 0 Å². The predicted octanol–water partition coefficient (Wildman–Crippen LogP) is 1.69. The van der Waals surface area contributed by atoms with Gasteiger partial charge in [-0.05, 0) is 0 Å². The molecule has 1 aromatic heterocycles. The summed E-state index contributed by atoms with van der Waals surface area (Å²) in [4.78, 5) is 10.4. The number of hydrogen-bond acceptors (Lipinski definition) is 5. The van der Waals surface area contributed by atoms with Gasteiger partial charge >= 0.3 is 12.1 Å². The van der Waals surface area contributed by atoms with E-state index < -0.39 is 23.1 Å². The Labute approximate surface area is 92.3 Å². The maximum Gasteiger partial charge on any atom is 0.445 e. The number of aromatic nitrogens is 2. The molecule has 0 radical (unpaired) electrons. The topological polar surface area (TPSA) is 75.1 Å². The lowest BCUT2D eigenvalue weighted by atomic mass is 10.2. The normalized spacial score (nSPS) is 13.5. The van der Waals surface area contributed by atoms with Crippen LogP contribution in [0.1, 0.15) is 11.9 Å². The molecule has 1 atom stereocenters. The van der Waals surface area contributed by atoms with E-state index in [1.807, 2.05) is 0 Å². The van der Waals surface area contributed by atoms with E-state index >= 15 is 0 Å². The first-order valence-electron chi connectivity index (χ1n) is 4.18. The molecule has 0 amide bonds. The van der Waals surface area contributed by atoms with Gasteiger partial charge in [0.15, 0.2) is 0 Å². The molecule has 0 saturated heterocycles. The van der Waals surface area contributed by atoms with Gasteiger partial charge in [0.25, 0.3) is 0 Å². The molecule has 1 unspecified atom stereocenters.